The van der Waals surface area contributed by atoms with Crippen LogP contribution >= 0.6 is 0 Å². The quantitative estimate of drug-likeness (QED) is 0.241. The fourth-order valence-electron chi connectivity index (χ4n) is 4.59. The highest BCUT2D eigenvalue weighted by molar-refractivity contribution is 5.95. The summed E-state index contributed by atoms with van der Waals surface area (Å²) in [6.45, 7) is 2.43. The maximum atomic E-state index is 14.0. The van der Waals surface area contributed by atoms with Gasteiger partial charge >= 0.3 is 0 Å². The van der Waals surface area contributed by atoms with Crippen LogP contribution in [0.2, 0.25) is 0 Å². The summed E-state index contributed by atoms with van der Waals surface area (Å²) in [5.74, 6) is -1.01. The maximum absolute atomic E-state index is 14.0. The lowest BCUT2D eigenvalue weighted by Crippen LogP contribution is -2.46. The van der Waals surface area contributed by atoms with Gasteiger partial charge in [-0.1, -0.05) is 67.6 Å². The second kappa shape index (κ2) is 13.8. The molecular formula is C33H34F2N2O3. The average molecular weight is 545 g/mol. The van der Waals surface area contributed by atoms with E-state index in [1.807, 2.05) is 66.7 Å². The second-order valence-corrected chi connectivity index (χ2v) is 9.83. The molecule has 2 unspecified atom stereocenters. The Bertz CT molecular complexity index is 1390. The molecule has 1 amide bonds. The fraction of sp³-hybridized carbons (Fsp3) is 0.242. The third kappa shape index (κ3) is 7.97. The van der Waals surface area contributed by atoms with Crippen molar-refractivity contribution in [1.82, 2.24) is 4.90 Å². The molecule has 0 aromatic heterocycles. The van der Waals surface area contributed by atoms with Gasteiger partial charge in [-0.15, -0.1) is 0 Å². The first-order chi connectivity index (χ1) is 19.3. The summed E-state index contributed by atoms with van der Waals surface area (Å²) in [6.07, 6.45) is -0.249. The molecule has 0 aliphatic rings. The minimum Gasteiger partial charge on any atom is -0.489 e. The van der Waals surface area contributed by atoms with Crippen molar-refractivity contribution < 1.29 is 23.4 Å². The first-order valence-electron chi connectivity index (χ1n) is 13.3. The van der Waals surface area contributed by atoms with Gasteiger partial charge in [-0.25, -0.2) is 8.78 Å². The van der Waals surface area contributed by atoms with Crippen molar-refractivity contribution in [3.8, 4) is 5.75 Å². The number of aliphatic hydroxyl groups excluding tert-OH is 1. The Balaban J connectivity index is 1.56. The van der Waals surface area contributed by atoms with Crippen LogP contribution in [0, 0.1) is 11.6 Å². The molecule has 5 nitrogen and oxygen atoms in total. The number of aliphatic hydroxyl groups is 1. The predicted molar refractivity (Wildman–Crippen MR) is 152 cm³/mol. The lowest BCUT2D eigenvalue weighted by Gasteiger charge is -2.29. The molecule has 4 aromatic carbocycles. The molecule has 2 atom stereocenters. The number of carbonyl (C=O) groups excluding carboxylic acids is 1. The van der Waals surface area contributed by atoms with Gasteiger partial charge in [0.15, 0.2) is 0 Å². The number of benzene rings is 4. The Kier molecular flexibility index (Phi) is 10.00. The topological polar surface area (TPSA) is 75.8 Å². The molecule has 0 radical (unpaired) electrons. The molecule has 0 aliphatic carbocycles. The van der Waals surface area contributed by atoms with E-state index in [1.165, 1.54) is 12.1 Å². The molecule has 4 aromatic rings. The van der Waals surface area contributed by atoms with Crippen molar-refractivity contribution in [2.75, 3.05) is 6.54 Å². The standard InChI is InChI=1S/C33H34F2N2O3/c1-2-23-9-8-10-24(15-23)20-37(21-32(38)31(36)18-25-16-27(34)19-28(35)17-25)33(39)30-14-7-6-11-26(30)22-40-29-12-4-3-5-13-29/h3-17,19,31-32,38H,2,18,20-22,36H2,1H3. The van der Waals surface area contributed by atoms with Crippen LogP contribution in [0.3, 0.4) is 0 Å². The van der Waals surface area contributed by atoms with E-state index in [1.54, 1.807) is 17.0 Å². The lowest BCUT2D eigenvalue weighted by atomic mass is 10.00. The first kappa shape index (κ1) is 28.9. The molecule has 40 heavy (non-hydrogen) atoms. The number of nitrogens with zero attached hydrogens (tertiary/aromatic N) is 1. The number of halogens is 2. The molecule has 0 saturated heterocycles. The van der Waals surface area contributed by atoms with Crippen LogP contribution in [-0.4, -0.2) is 34.6 Å². The molecule has 3 N–H and O–H groups in total. The van der Waals surface area contributed by atoms with Crippen LogP contribution in [0.15, 0.2) is 97.1 Å². The molecule has 0 fully saturated rings. The number of para-hydroxylation sites is 1. The van der Waals surface area contributed by atoms with Crippen molar-refractivity contribution >= 4 is 5.91 Å². The first-order valence-corrected chi connectivity index (χ1v) is 13.3. The van der Waals surface area contributed by atoms with Gasteiger partial charge in [0.2, 0.25) is 0 Å². The Hall–Kier alpha value is -4.07. The number of ether oxygens (including phenoxy) is 1. The number of rotatable bonds is 12. The zero-order valence-electron chi connectivity index (χ0n) is 22.5. The van der Waals surface area contributed by atoms with Gasteiger partial charge in [0.05, 0.1) is 6.10 Å². The highest BCUT2D eigenvalue weighted by Crippen LogP contribution is 2.20. The Morgan fingerprint density at radius 3 is 2.27 bits per heavy atom. The van der Waals surface area contributed by atoms with E-state index in [4.69, 9.17) is 10.5 Å². The molecule has 0 heterocycles. The summed E-state index contributed by atoms with van der Waals surface area (Å²) < 4.78 is 33.3. The summed E-state index contributed by atoms with van der Waals surface area (Å²) in [4.78, 5) is 15.5. The van der Waals surface area contributed by atoms with E-state index in [0.29, 0.717) is 22.4 Å². The Labute approximate surface area is 233 Å². The predicted octanol–water partition coefficient (Wildman–Crippen LogP) is 5.68. The van der Waals surface area contributed by atoms with Crippen LogP contribution in [0.1, 0.15) is 39.5 Å². The number of aryl methyl sites for hydroxylation is 1. The summed E-state index contributed by atoms with van der Waals surface area (Å²) in [7, 11) is 0. The molecule has 7 heteroatoms. The monoisotopic (exact) mass is 544 g/mol. The third-order valence-electron chi connectivity index (χ3n) is 6.74. The van der Waals surface area contributed by atoms with E-state index < -0.39 is 23.8 Å². The minimum absolute atomic E-state index is 0.0463. The summed E-state index contributed by atoms with van der Waals surface area (Å²) in [5.41, 5.74) is 9.81. The van der Waals surface area contributed by atoms with Gasteiger partial charge in [0.25, 0.3) is 5.91 Å². The molecule has 0 spiro atoms. The van der Waals surface area contributed by atoms with Crippen LogP contribution in [0.4, 0.5) is 8.78 Å². The maximum Gasteiger partial charge on any atom is 0.254 e. The number of amides is 1. The molecule has 0 aliphatic heterocycles. The Morgan fingerprint density at radius 2 is 1.55 bits per heavy atom. The fourth-order valence-corrected chi connectivity index (χ4v) is 4.59. The largest absolute Gasteiger partial charge is 0.489 e. The van der Waals surface area contributed by atoms with Gasteiger partial charge in [-0.2, -0.15) is 0 Å². The van der Waals surface area contributed by atoms with Crippen LogP contribution < -0.4 is 10.5 Å². The van der Waals surface area contributed by atoms with Crippen LogP contribution in [0.5, 0.6) is 5.75 Å². The second-order valence-electron chi connectivity index (χ2n) is 9.83. The average Bonchev–Trinajstić information content (AvgIpc) is 2.95. The van der Waals surface area contributed by atoms with Crippen molar-refractivity contribution in [3.05, 3.63) is 137 Å². The number of carbonyl (C=O) groups is 1. The minimum atomic E-state index is -1.14. The molecular weight excluding hydrogens is 510 g/mol. The number of hydrogen-bond donors (Lipinski definition) is 2. The van der Waals surface area contributed by atoms with Gasteiger partial charge < -0.3 is 20.5 Å². The zero-order chi connectivity index (χ0) is 28.5. The number of nitrogens with two attached hydrogens (primary N) is 1. The summed E-state index contributed by atoms with van der Waals surface area (Å²) in [5, 5.41) is 11.1. The van der Waals surface area contributed by atoms with Crippen molar-refractivity contribution in [2.24, 2.45) is 5.73 Å². The van der Waals surface area contributed by atoms with E-state index in [0.717, 1.165) is 23.6 Å². The van der Waals surface area contributed by atoms with E-state index in [2.05, 4.69) is 6.92 Å². The lowest BCUT2D eigenvalue weighted by molar-refractivity contribution is 0.0552. The number of hydrogen-bond acceptors (Lipinski definition) is 4. The van der Waals surface area contributed by atoms with E-state index >= 15 is 0 Å². The molecule has 208 valence electrons. The molecule has 0 bridgehead atoms. The van der Waals surface area contributed by atoms with E-state index in [-0.39, 0.29) is 32.0 Å². The van der Waals surface area contributed by atoms with E-state index in [9.17, 15) is 18.7 Å². The van der Waals surface area contributed by atoms with Gasteiger partial charge in [0, 0.05) is 36.3 Å². The third-order valence-corrected chi connectivity index (χ3v) is 6.74. The smallest absolute Gasteiger partial charge is 0.254 e. The van der Waals surface area contributed by atoms with Gasteiger partial charge in [0.1, 0.15) is 24.0 Å². The molecule has 0 saturated carbocycles. The van der Waals surface area contributed by atoms with Gasteiger partial charge in [-0.05, 0) is 59.9 Å². The van der Waals surface area contributed by atoms with Gasteiger partial charge in [-0.3, -0.25) is 4.79 Å². The normalized spacial score (nSPS) is 12.5. The Morgan fingerprint density at radius 1 is 0.875 bits per heavy atom. The van der Waals surface area contributed by atoms with Crippen LogP contribution in [0.25, 0.3) is 0 Å². The van der Waals surface area contributed by atoms with Crippen LogP contribution in [-0.2, 0) is 26.0 Å². The molecule has 4 rings (SSSR count). The SMILES string of the molecule is CCc1cccc(CN(CC(O)C(N)Cc2cc(F)cc(F)c2)C(=O)c2ccccc2COc2ccccc2)c1. The highest BCUT2D eigenvalue weighted by Gasteiger charge is 2.25. The highest BCUT2D eigenvalue weighted by atomic mass is 19.1. The zero-order valence-corrected chi connectivity index (χ0v) is 22.5. The summed E-state index contributed by atoms with van der Waals surface area (Å²) in [6, 6.07) is 26.8. The van der Waals surface area contributed by atoms with Crippen molar-refractivity contribution in [3.63, 3.8) is 0 Å². The summed E-state index contributed by atoms with van der Waals surface area (Å²) >= 11 is 0. The van der Waals surface area contributed by atoms with Crippen molar-refractivity contribution in [1.29, 1.82) is 0 Å². The van der Waals surface area contributed by atoms with Crippen molar-refractivity contribution in [2.45, 2.75) is 45.1 Å².